The Balaban J connectivity index is 2.23. The molecule has 0 saturated carbocycles. The van der Waals surface area contributed by atoms with Crippen LogP contribution < -0.4 is 0 Å². The molecule has 17 heavy (non-hydrogen) atoms. The molecule has 1 N–H and O–H groups in total. The van der Waals surface area contributed by atoms with Crippen LogP contribution in [0.2, 0.25) is 0 Å². The maximum absolute atomic E-state index is 11.7. The van der Waals surface area contributed by atoms with E-state index >= 15 is 0 Å². The standard InChI is InChI=1S/C12H20N2O3/c1-2-3-4-11(15)14-9-7-13(8-10-14)6-5-12(16)17/h2H,1,3-10H2,(H,16,17). The molecule has 0 bridgehead atoms. The summed E-state index contributed by atoms with van der Waals surface area (Å²) in [5.74, 6) is -0.600. The van der Waals surface area contributed by atoms with Crippen LogP contribution in [0.4, 0.5) is 0 Å². The molecule has 1 fully saturated rings. The zero-order chi connectivity index (χ0) is 12.7. The average Bonchev–Trinajstić information content (AvgIpc) is 2.34. The minimum atomic E-state index is -0.769. The van der Waals surface area contributed by atoms with Crippen molar-refractivity contribution in [1.82, 2.24) is 9.80 Å². The molecule has 1 heterocycles. The molecule has 1 aliphatic heterocycles. The Kier molecular flexibility index (Phi) is 5.69. The first-order valence-electron chi connectivity index (χ1n) is 5.96. The second-order valence-electron chi connectivity index (χ2n) is 4.19. The van der Waals surface area contributed by atoms with Gasteiger partial charge in [-0.05, 0) is 6.42 Å². The monoisotopic (exact) mass is 240 g/mol. The van der Waals surface area contributed by atoms with E-state index in [2.05, 4.69) is 11.5 Å². The van der Waals surface area contributed by atoms with Crippen molar-refractivity contribution in [3.05, 3.63) is 12.7 Å². The van der Waals surface area contributed by atoms with Crippen molar-refractivity contribution in [3.63, 3.8) is 0 Å². The molecule has 1 aliphatic rings. The van der Waals surface area contributed by atoms with Crippen molar-refractivity contribution >= 4 is 11.9 Å². The van der Waals surface area contributed by atoms with Crippen LogP contribution in [-0.4, -0.2) is 59.5 Å². The van der Waals surface area contributed by atoms with E-state index in [1.165, 1.54) is 0 Å². The number of hydrogen-bond donors (Lipinski definition) is 1. The number of piperazine rings is 1. The molecule has 1 rings (SSSR count). The molecule has 0 aliphatic carbocycles. The Hall–Kier alpha value is -1.36. The number of rotatable bonds is 6. The number of hydrogen-bond acceptors (Lipinski definition) is 3. The Morgan fingerprint density at radius 2 is 1.82 bits per heavy atom. The second kappa shape index (κ2) is 7.06. The maximum Gasteiger partial charge on any atom is 0.304 e. The molecule has 1 saturated heterocycles. The van der Waals surface area contributed by atoms with E-state index in [-0.39, 0.29) is 12.3 Å². The highest BCUT2D eigenvalue weighted by Crippen LogP contribution is 2.05. The highest BCUT2D eigenvalue weighted by atomic mass is 16.4. The summed E-state index contributed by atoms with van der Waals surface area (Å²) < 4.78 is 0. The average molecular weight is 240 g/mol. The Morgan fingerprint density at radius 1 is 1.18 bits per heavy atom. The molecule has 1 amide bonds. The summed E-state index contributed by atoms with van der Waals surface area (Å²) in [7, 11) is 0. The van der Waals surface area contributed by atoms with Gasteiger partial charge in [-0.3, -0.25) is 14.5 Å². The Morgan fingerprint density at radius 3 is 2.35 bits per heavy atom. The number of allylic oxidation sites excluding steroid dienone is 1. The first kappa shape index (κ1) is 13.7. The minimum Gasteiger partial charge on any atom is -0.481 e. The summed E-state index contributed by atoms with van der Waals surface area (Å²) in [5, 5.41) is 8.58. The molecule has 0 spiro atoms. The fraction of sp³-hybridized carbons (Fsp3) is 0.667. The number of carbonyl (C=O) groups excluding carboxylic acids is 1. The lowest BCUT2D eigenvalue weighted by atomic mass is 10.2. The number of amides is 1. The van der Waals surface area contributed by atoms with Gasteiger partial charge in [0.15, 0.2) is 0 Å². The number of carbonyl (C=O) groups is 2. The summed E-state index contributed by atoms with van der Waals surface area (Å²) in [6.07, 6.45) is 3.17. The molecule has 0 unspecified atom stereocenters. The quantitative estimate of drug-likeness (QED) is 0.690. The predicted octanol–water partition coefficient (Wildman–Crippen LogP) is 0.572. The van der Waals surface area contributed by atoms with Gasteiger partial charge in [0.2, 0.25) is 5.91 Å². The summed E-state index contributed by atoms with van der Waals surface area (Å²) in [5.41, 5.74) is 0. The van der Waals surface area contributed by atoms with E-state index in [4.69, 9.17) is 5.11 Å². The zero-order valence-corrected chi connectivity index (χ0v) is 10.1. The molecule has 0 aromatic carbocycles. The number of carboxylic acid groups (broad SMARTS) is 1. The molecule has 0 aromatic heterocycles. The van der Waals surface area contributed by atoms with Gasteiger partial charge in [0.25, 0.3) is 0 Å². The number of aliphatic carboxylic acids is 1. The molecular weight excluding hydrogens is 220 g/mol. The van der Waals surface area contributed by atoms with Crippen LogP contribution in [-0.2, 0) is 9.59 Å². The third kappa shape index (κ3) is 4.99. The number of carboxylic acids is 1. The highest BCUT2D eigenvalue weighted by Gasteiger charge is 2.20. The van der Waals surface area contributed by atoms with Gasteiger partial charge in [0, 0.05) is 39.1 Å². The van der Waals surface area contributed by atoms with Crippen molar-refractivity contribution < 1.29 is 14.7 Å². The van der Waals surface area contributed by atoms with Gasteiger partial charge in [-0.1, -0.05) is 6.08 Å². The molecule has 96 valence electrons. The molecular formula is C12H20N2O3. The molecule has 0 radical (unpaired) electrons. The van der Waals surface area contributed by atoms with Crippen molar-refractivity contribution in [2.75, 3.05) is 32.7 Å². The largest absolute Gasteiger partial charge is 0.481 e. The van der Waals surface area contributed by atoms with E-state index in [0.717, 1.165) is 19.5 Å². The first-order chi connectivity index (χ1) is 8.13. The van der Waals surface area contributed by atoms with Gasteiger partial charge >= 0.3 is 5.97 Å². The Bertz CT molecular complexity index is 283. The van der Waals surface area contributed by atoms with Gasteiger partial charge in [-0.15, -0.1) is 6.58 Å². The van der Waals surface area contributed by atoms with Gasteiger partial charge < -0.3 is 10.0 Å². The van der Waals surface area contributed by atoms with E-state index in [1.807, 2.05) is 4.90 Å². The molecule has 5 heteroatoms. The van der Waals surface area contributed by atoms with Crippen LogP contribution in [0.15, 0.2) is 12.7 Å². The van der Waals surface area contributed by atoms with Crippen LogP contribution in [0.25, 0.3) is 0 Å². The van der Waals surface area contributed by atoms with Gasteiger partial charge in [-0.2, -0.15) is 0 Å². The van der Waals surface area contributed by atoms with Crippen LogP contribution in [0.5, 0.6) is 0 Å². The van der Waals surface area contributed by atoms with Crippen molar-refractivity contribution in [2.24, 2.45) is 0 Å². The summed E-state index contributed by atoms with van der Waals surface area (Å²) in [6.45, 7) is 7.12. The first-order valence-corrected chi connectivity index (χ1v) is 5.96. The normalized spacial score (nSPS) is 16.8. The third-order valence-electron chi connectivity index (χ3n) is 2.93. The maximum atomic E-state index is 11.7. The summed E-state index contributed by atoms with van der Waals surface area (Å²) >= 11 is 0. The Labute approximate surface area is 102 Å². The van der Waals surface area contributed by atoms with Gasteiger partial charge in [0.05, 0.1) is 6.42 Å². The van der Waals surface area contributed by atoms with Crippen LogP contribution >= 0.6 is 0 Å². The lowest BCUT2D eigenvalue weighted by Crippen LogP contribution is -2.49. The fourth-order valence-electron chi connectivity index (χ4n) is 1.86. The third-order valence-corrected chi connectivity index (χ3v) is 2.93. The SMILES string of the molecule is C=CCCC(=O)N1CCN(CCC(=O)O)CC1. The minimum absolute atomic E-state index is 0.169. The van der Waals surface area contributed by atoms with E-state index < -0.39 is 5.97 Å². The molecule has 0 atom stereocenters. The highest BCUT2D eigenvalue weighted by molar-refractivity contribution is 5.76. The van der Waals surface area contributed by atoms with E-state index in [9.17, 15) is 9.59 Å². The smallest absolute Gasteiger partial charge is 0.304 e. The topological polar surface area (TPSA) is 60.9 Å². The van der Waals surface area contributed by atoms with Gasteiger partial charge in [-0.25, -0.2) is 0 Å². The second-order valence-corrected chi connectivity index (χ2v) is 4.19. The summed E-state index contributed by atoms with van der Waals surface area (Å²) in [4.78, 5) is 26.1. The summed E-state index contributed by atoms with van der Waals surface area (Å²) in [6, 6.07) is 0. The van der Waals surface area contributed by atoms with Crippen LogP contribution in [0.3, 0.4) is 0 Å². The molecule has 5 nitrogen and oxygen atoms in total. The van der Waals surface area contributed by atoms with Gasteiger partial charge in [0.1, 0.15) is 0 Å². The van der Waals surface area contributed by atoms with E-state index in [0.29, 0.717) is 26.1 Å². The van der Waals surface area contributed by atoms with Crippen molar-refractivity contribution in [3.8, 4) is 0 Å². The van der Waals surface area contributed by atoms with Crippen molar-refractivity contribution in [2.45, 2.75) is 19.3 Å². The molecule has 0 aromatic rings. The predicted molar refractivity (Wildman–Crippen MR) is 64.7 cm³/mol. The lowest BCUT2D eigenvalue weighted by Gasteiger charge is -2.34. The number of nitrogens with zero attached hydrogens (tertiary/aromatic N) is 2. The lowest BCUT2D eigenvalue weighted by molar-refractivity contribution is -0.138. The van der Waals surface area contributed by atoms with E-state index in [1.54, 1.807) is 6.08 Å². The van der Waals surface area contributed by atoms with Crippen molar-refractivity contribution in [1.29, 1.82) is 0 Å². The van der Waals surface area contributed by atoms with Crippen LogP contribution in [0.1, 0.15) is 19.3 Å². The van der Waals surface area contributed by atoms with Crippen LogP contribution in [0, 0.1) is 0 Å². The zero-order valence-electron chi connectivity index (χ0n) is 10.1. The fourth-order valence-corrected chi connectivity index (χ4v) is 1.86.